The molecular formula is C15H18O4. The van der Waals surface area contributed by atoms with Crippen LogP contribution in [0.25, 0.3) is 6.08 Å². The number of carbonyl (C=O) groups is 1. The monoisotopic (exact) mass is 262 g/mol. The van der Waals surface area contributed by atoms with Crippen LogP contribution in [-0.4, -0.2) is 30.2 Å². The SMILES string of the molecule is COc1cc(C=CC=O)cc2c1O[C@H](C(C)(C)O)C2. The summed E-state index contributed by atoms with van der Waals surface area (Å²) in [4.78, 5) is 10.4. The summed E-state index contributed by atoms with van der Waals surface area (Å²) in [6.07, 6.45) is 4.22. The Labute approximate surface area is 112 Å². The molecule has 1 atom stereocenters. The van der Waals surface area contributed by atoms with Crippen LogP contribution >= 0.6 is 0 Å². The average Bonchev–Trinajstić information content (AvgIpc) is 2.79. The Bertz CT molecular complexity index is 512. The van der Waals surface area contributed by atoms with Crippen LogP contribution in [0.15, 0.2) is 18.2 Å². The van der Waals surface area contributed by atoms with Crippen molar-refractivity contribution >= 4 is 12.4 Å². The maximum absolute atomic E-state index is 10.4. The third-order valence-corrected chi connectivity index (χ3v) is 3.19. The zero-order valence-corrected chi connectivity index (χ0v) is 11.3. The normalized spacial score (nSPS) is 18.2. The van der Waals surface area contributed by atoms with Crippen molar-refractivity contribution in [3.05, 3.63) is 29.3 Å². The molecule has 4 nitrogen and oxygen atoms in total. The fourth-order valence-electron chi connectivity index (χ4n) is 2.14. The number of rotatable bonds is 4. The van der Waals surface area contributed by atoms with E-state index in [1.165, 1.54) is 6.08 Å². The number of fused-ring (bicyclic) bond motifs is 1. The second-order valence-corrected chi connectivity index (χ2v) is 5.17. The highest BCUT2D eigenvalue weighted by molar-refractivity contribution is 5.75. The molecule has 1 aromatic carbocycles. The molecule has 0 aliphatic carbocycles. The Morgan fingerprint density at radius 1 is 1.47 bits per heavy atom. The first-order valence-electron chi connectivity index (χ1n) is 6.17. The van der Waals surface area contributed by atoms with Crippen LogP contribution in [0.3, 0.4) is 0 Å². The van der Waals surface area contributed by atoms with Crippen molar-refractivity contribution in [1.29, 1.82) is 0 Å². The summed E-state index contributed by atoms with van der Waals surface area (Å²) in [7, 11) is 1.57. The van der Waals surface area contributed by atoms with Gasteiger partial charge in [0.05, 0.1) is 12.7 Å². The summed E-state index contributed by atoms with van der Waals surface area (Å²) in [5, 5.41) is 10.0. The molecule has 102 valence electrons. The molecule has 1 aliphatic heterocycles. The van der Waals surface area contributed by atoms with Gasteiger partial charge in [0, 0.05) is 12.0 Å². The van der Waals surface area contributed by atoms with Crippen molar-refractivity contribution in [2.75, 3.05) is 7.11 Å². The molecule has 0 radical (unpaired) electrons. The predicted molar refractivity (Wildman–Crippen MR) is 72.5 cm³/mol. The molecule has 0 saturated heterocycles. The first kappa shape index (κ1) is 13.6. The van der Waals surface area contributed by atoms with E-state index in [9.17, 15) is 9.90 Å². The molecule has 0 saturated carbocycles. The fourth-order valence-corrected chi connectivity index (χ4v) is 2.14. The predicted octanol–water partition coefficient (Wildman–Crippen LogP) is 1.98. The molecule has 0 spiro atoms. The van der Waals surface area contributed by atoms with Gasteiger partial charge in [-0.25, -0.2) is 0 Å². The molecule has 1 aromatic rings. The van der Waals surface area contributed by atoms with Crippen LogP contribution in [-0.2, 0) is 11.2 Å². The largest absolute Gasteiger partial charge is 0.493 e. The average molecular weight is 262 g/mol. The molecule has 19 heavy (non-hydrogen) atoms. The summed E-state index contributed by atoms with van der Waals surface area (Å²) in [6, 6.07) is 3.76. The number of benzene rings is 1. The van der Waals surface area contributed by atoms with Gasteiger partial charge in [0.25, 0.3) is 0 Å². The van der Waals surface area contributed by atoms with Crippen molar-refractivity contribution in [1.82, 2.24) is 0 Å². The molecular weight excluding hydrogens is 244 g/mol. The third-order valence-electron chi connectivity index (χ3n) is 3.19. The first-order chi connectivity index (χ1) is 8.95. The van der Waals surface area contributed by atoms with E-state index >= 15 is 0 Å². The Balaban J connectivity index is 2.37. The smallest absolute Gasteiger partial charge is 0.165 e. The fraction of sp³-hybridized carbons (Fsp3) is 0.400. The summed E-state index contributed by atoms with van der Waals surface area (Å²) in [6.45, 7) is 3.45. The molecule has 1 heterocycles. The van der Waals surface area contributed by atoms with Gasteiger partial charge in [0.2, 0.25) is 0 Å². The molecule has 0 amide bonds. The first-order valence-corrected chi connectivity index (χ1v) is 6.17. The topological polar surface area (TPSA) is 55.8 Å². The lowest BCUT2D eigenvalue weighted by molar-refractivity contribution is -0.104. The van der Waals surface area contributed by atoms with E-state index < -0.39 is 5.60 Å². The zero-order chi connectivity index (χ0) is 14.0. The highest BCUT2D eigenvalue weighted by Gasteiger charge is 2.36. The molecule has 1 aliphatic rings. The Morgan fingerprint density at radius 2 is 2.21 bits per heavy atom. The lowest BCUT2D eigenvalue weighted by Gasteiger charge is -2.24. The van der Waals surface area contributed by atoms with Gasteiger partial charge in [0.1, 0.15) is 12.4 Å². The van der Waals surface area contributed by atoms with E-state index in [1.807, 2.05) is 12.1 Å². The van der Waals surface area contributed by atoms with Crippen molar-refractivity contribution < 1.29 is 19.4 Å². The number of hydrogen-bond acceptors (Lipinski definition) is 4. The van der Waals surface area contributed by atoms with Gasteiger partial charge in [-0.2, -0.15) is 0 Å². The highest BCUT2D eigenvalue weighted by Crippen LogP contribution is 2.41. The van der Waals surface area contributed by atoms with E-state index in [0.717, 1.165) is 17.4 Å². The minimum Gasteiger partial charge on any atom is -0.493 e. The van der Waals surface area contributed by atoms with E-state index in [0.29, 0.717) is 17.9 Å². The van der Waals surface area contributed by atoms with Crippen LogP contribution < -0.4 is 9.47 Å². The van der Waals surface area contributed by atoms with Crippen LogP contribution in [0.4, 0.5) is 0 Å². The van der Waals surface area contributed by atoms with Crippen molar-refractivity contribution in [2.24, 2.45) is 0 Å². The van der Waals surface area contributed by atoms with E-state index in [-0.39, 0.29) is 6.10 Å². The van der Waals surface area contributed by atoms with E-state index in [1.54, 1.807) is 27.0 Å². The number of methoxy groups -OCH3 is 1. The number of aliphatic hydroxyl groups is 1. The van der Waals surface area contributed by atoms with Crippen LogP contribution in [0.1, 0.15) is 25.0 Å². The summed E-state index contributed by atoms with van der Waals surface area (Å²) in [5.41, 5.74) is 0.947. The van der Waals surface area contributed by atoms with Crippen LogP contribution in [0, 0.1) is 0 Å². The highest BCUT2D eigenvalue weighted by atomic mass is 16.5. The Kier molecular flexibility index (Phi) is 3.62. The second-order valence-electron chi connectivity index (χ2n) is 5.17. The maximum atomic E-state index is 10.4. The number of carbonyl (C=O) groups excluding carboxylic acids is 1. The molecule has 0 aromatic heterocycles. The van der Waals surface area contributed by atoms with Gasteiger partial charge in [-0.15, -0.1) is 0 Å². The minimum atomic E-state index is -0.914. The van der Waals surface area contributed by atoms with Gasteiger partial charge in [-0.05, 0) is 37.6 Å². The van der Waals surface area contributed by atoms with Crippen molar-refractivity contribution in [2.45, 2.75) is 32.0 Å². The molecule has 1 N–H and O–H groups in total. The van der Waals surface area contributed by atoms with E-state index in [4.69, 9.17) is 9.47 Å². The van der Waals surface area contributed by atoms with Gasteiger partial charge < -0.3 is 14.6 Å². The number of aldehydes is 1. The molecule has 0 fully saturated rings. The van der Waals surface area contributed by atoms with Crippen molar-refractivity contribution in [3.8, 4) is 11.5 Å². The van der Waals surface area contributed by atoms with Crippen LogP contribution in [0.2, 0.25) is 0 Å². The number of allylic oxidation sites excluding steroid dienone is 1. The molecule has 4 heteroatoms. The van der Waals surface area contributed by atoms with Gasteiger partial charge in [0.15, 0.2) is 11.5 Å². The van der Waals surface area contributed by atoms with Crippen LogP contribution in [0.5, 0.6) is 11.5 Å². The van der Waals surface area contributed by atoms with Gasteiger partial charge in [-0.1, -0.05) is 6.08 Å². The molecule has 0 unspecified atom stereocenters. The summed E-state index contributed by atoms with van der Waals surface area (Å²) >= 11 is 0. The van der Waals surface area contributed by atoms with E-state index in [2.05, 4.69) is 0 Å². The van der Waals surface area contributed by atoms with Gasteiger partial charge in [-0.3, -0.25) is 4.79 Å². The maximum Gasteiger partial charge on any atom is 0.165 e. The van der Waals surface area contributed by atoms with Gasteiger partial charge >= 0.3 is 0 Å². The number of ether oxygens (including phenoxy) is 2. The lowest BCUT2D eigenvalue weighted by Crippen LogP contribution is -2.39. The second kappa shape index (κ2) is 5.05. The quantitative estimate of drug-likeness (QED) is 0.666. The lowest BCUT2D eigenvalue weighted by atomic mass is 9.96. The molecule has 2 rings (SSSR count). The Morgan fingerprint density at radius 3 is 2.79 bits per heavy atom. The van der Waals surface area contributed by atoms with Crippen molar-refractivity contribution in [3.63, 3.8) is 0 Å². The number of hydrogen-bond donors (Lipinski definition) is 1. The summed E-state index contributed by atoms with van der Waals surface area (Å²) in [5.74, 6) is 1.30. The Hall–Kier alpha value is -1.81. The zero-order valence-electron chi connectivity index (χ0n) is 11.3. The minimum absolute atomic E-state index is 0.290. The molecule has 0 bridgehead atoms. The summed E-state index contributed by atoms with van der Waals surface area (Å²) < 4.78 is 11.1. The standard InChI is InChI=1S/C15H18O4/c1-15(2,17)13-9-11-7-10(5-4-6-16)8-12(18-3)14(11)19-13/h4-8,13,17H,9H2,1-3H3/t13-/m0/s1. The third kappa shape index (κ3) is 2.79.